The average molecular weight is 387 g/mol. The van der Waals surface area contributed by atoms with E-state index in [9.17, 15) is 9.90 Å². The van der Waals surface area contributed by atoms with Gasteiger partial charge in [-0.3, -0.25) is 4.68 Å². The molecule has 1 N–H and O–H groups in total. The maximum Gasteiger partial charge on any atom is 0.356 e. The molecular formula is C22H27ClN2O2. The van der Waals surface area contributed by atoms with Crippen LogP contribution in [0.25, 0.3) is 0 Å². The molecule has 2 aliphatic rings. The van der Waals surface area contributed by atoms with Crippen LogP contribution < -0.4 is 0 Å². The van der Waals surface area contributed by atoms with Crippen molar-refractivity contribution in [2.24, 2.45) is 0 Å². The minimum Gasteiger partial charge on any atom is -0.476 e. The Morgan fingerprint density at radius 2 is 1.93 bits per heavy atom. The van der Waals surface area contributed by atoms with Crippen LogP contribution in [-0.2, 0) is 12.8 Å². The Kier molecular flexibility index (Phi) is 5.53. The molecule has 0 aliphatic heterocycles. The van der Waals surface area contributed by atoms with Crippen LogP contribution in [0.1, 0.15) is 90.6 Å². The van der Waals surface area contributed by atoms with Crippen molar-refractivity contribution in [2.45, 2.75) is 76.2 Å². The lowest BCUT2D eigenvalue weighted by Crippen LogP contribution is -2.19. The second kappa shape index (κ2) is 8.05. The minimum absolute atomic E-state index is 0.286. The van der Waals surface area contributed by atoms with Gasteiger partial charge in [0.15, 0.2) is 5.69 Å². The molecule has 5 heteroatoms. The molecule has 2 aromatic rings. The van der Waals surface area contributed by atoms with Crippen molar-refractivity contribution in [2.75, 3.05) is 0 Å². The van der Waals surface area contributed by atoms with E-state index in [1.165, 1.54) is 30.5 Å². The lowest BCUT2D eigenvalue weighted by molar-refractivity contribution is 0.0687. The zero-order chi connectivity index (χ0) is 18.8. The number of fused-ring (bicyclic) bond motifs is 1. The Labute approximate surface area is 165 Å². The van der Waals surface area contributed by atoms with E-state index < -0.39 is 5.97 Å². The summed E-state index contributed by atoms with van der Waals surface area (Å²) in [6.45, 7) is 0. The molecule has 0 radical (unpaired) electrons. The number of halogens is 1. The lowest BCUT2D eigenvalue weighted by atomic mass is 9.89. The summed E-state index contributed by atoms with van der Waals surface area (Å²) < 4.78 is 2.12. The number of nitrogens with zero attached hydrogens (tertiary/aromatic N) is 2. The van der Waals surface area contributed by atoms with Gasteiger partial charge in [0, 0.05) is 22.2 Å². The highest BCUT2D eigenvalue weighted by atomic mass is 35.5. The van der Waals surface area contributed by atoms with Gasteiger partial charge in [0.1, 0.15) is 0 Å². The third-order valence-corrected chi connectivity index (χ3v) is 6.40. The fraction of sp³-hybridized carbons (Fsp3) is 0.545. The van der Waals surface area contributed by atoms with Crippen LogP contribution in [0.5, 0.6) is 0 Å². The predicted molar refractivity (Wildman–Crippen MR) is 107 cm³/mol. The highest BCUT2D eigenvalue weighted by Gasteiger charge is 2.32. The standard InChI is InChI=1S/C22H27ClN2O2/c23-17-9-6-7-15(14-17)13-16-8-4-5-12-19-20(22(26)27)24-25(21(16)19)18-10-2-1-3-11-18/h6-7,9,14,16,18H,1-5,8,10-13H2,(H,26,27). The topological polar surface area (TPSA) is 55.1 Å². The van der Waals surface area contributed by atoms with Crippen LogP contribution in [-0.4, -0.2) is 20.9 Å². The molecule has 4 nitrogen and oxygen atoms in total. The number of hydrogen-bond acceptors (Lipinski definition) is 2. The summed E-state index contributed by atoms with van der Waals surface area (Å²) in [5.74, 6) is -0.576. The first kappa shape index (κ1) is 18.5. The summed E-state index contributed by atoms with van der Waals surface area (Å²) in [5, 5.41) is 15.2. The van der Waals surface area contributed by atoms with Crippen molar-refractivity contribution in [3.8, 4) is 0 Å². The third kappa shape index (κ3) is 3.91. The van der Waals surface area contributed by atoms with Gasteiger partial charge >= 0.3 is 5.97 Å². The maximum absolute atomic E-state index is 11.9. The van der Waals surface area contributed by atoms with E-state index in [1.54, 1.807) is 0 Å². The summed E-state index contributed by atoms with van der Waals surface area (Å²) >= 11 is 6.20. The Morgan fingerprint density at radius 3 is 2.67 bits per heavy atom. The van der Waals surface area contributed by atoms with Crippen molar-refractivity contribution in [3.63, 3.8) is 0 Å². The number of rotatable bonds is 4. The van der Waals surface area contributed by atoms with Crippen LogP contribution in [0.4, 0.5) is 0 Å². The molecule has 1 unspecified atom stereocenters. The summed E-state index contributed by atoms with van der Waals surface area (Å²) in [4.78, 5) is 11.9. The Morgan fingerprint density at radius 1 is 1.15 bits per heavy atom. The molecule has 0 bridgehead atoms. The molecule has 144 valence electrons. The van der Waals surface area contributed by atoms with E-state index >= 15 is 0 Å². The first-order chi connectivity index (χ1) is 13.1. The van der Waals surface area contributed by atoms with Crippen molar-refractivity contribution in [1.29, 1.82) is 0 Å². The summed E-state index contributed by atoms with van der Waals surface area (Å²) in [7, 11) is 0. The van der Waals surface area contributed by atoms with E-state index in [2.05, 4.69) is 15.8 Å². The molecule has 27 heavy (non-hydrogen) atoms. The fourth-order valence-electron chi connectivity index (χ4n) is 4.91. The second-order valence-corrected chi connectivity index (χ2v) is 8.47. The summed E-state index contributed by atoms with van der Waals surface area (Å²) in [6.07, 6.45) is 10.9. The number of hydrogen-bond donors (Lipinski definition) is 1. The van der Waals surface area contributed by atoms with Crippen molar-refractivity contribution in [1.82, 2.24) is 9.78 Å². The Hall–Kier alpha value is -1.81. The summed E-state index contributed by atoms with van der Waals surface area (Å²) in [6, 6.07) is 8.40. The molecule has 1 saturated carbocycles. The van der Waals surface area contributed by atoms with Crippen LogP contribution in [0, 0.1) is 0 Å². The number of carboxylic acids is 1. The van der Waals surface area contributed by atoms with E-state index in [-0.39, 0.29) is 5.69 Å². The first-order valence-electron chi connectivity index (χ1n) is 10.2. The number of carbonyl (C=O) groups is 1. The van der Waals surface area contributed by atoms with E-state index in [4.69, 9.17) is 11.6 Å². The highest BCUT2D eigenvalue weighted by Crippen LogP contribution is 2.39. The molecule has 4 rings (SSSR count). The average Bonchev–Trinajstić information content (AvgIpc) is 2.93. The van der Waals surface area contributed by atoms with Crippen LogP contribution in [0.2, 0.25) is 5.02 Å². The quantitative estimate of drug-likeness (QED) is 0.676. The van der Waals surface area contributed by atoms with Gasteiger partial charge in [0.2, 0.25) is 0 Å². The van der Waals surface area contributed by atoms with Gasteiger partial charge in [0.05, 0.1) is 6.04 Å². The number of aromatic carboxylic acids is 1. The fourth-order valence-corrected chi connectivity index (χ4v) is 5.13. The van der Waals surface area contributed by atoms with E-state index in [0.717, 1.165) is 55.5 Å². The maximum atomic E-state index is 11.9. The first-order valence-corrected chi connectivity index (χ1v) is 10.6. The van der Waals surface area contributed by atoms with Crippen molar-refractivity contribution < 1.29 is 9.90 Å². The number of carboxylic acid groups (broad SMARTS) is 1. The SMILES string of the molecule is O=C(O)c1nn(C2CCCCC2)c2c1CCCCC2Cc1cccc(Cl)c1. The van der Waals surface area contributed by atoms with Gasteiger partial charge < -0.3 is 5.11 Å². The minimum atomic E-state index is -0.885. The third-order valence-electron chi connectivity index (χ3n) is 6.16. The van der Waals surface area contributed by atoms with Gasteiger partial charge in [-0.2, -0.15) is 5.10 Å². The monoisotopic (exact) mass is 386 g/mol. The summed E-state index contributed by atoms with van der Waals surface area (Å²) in [5.41, 5.74) is 3.68. The van der Waals surface area contributed by atoms with Crippen LogP contribution >= 0.6 is 11.6 Å². The number of benzene rings is 1. The van der Waals surface area contributed by atoms with Gasteiger partial charge in [-0.25, -0.2) is 4.79 Å². The molecule has 1 heterocycles. The smallest absolute Gasteiger partial charge is 0.356 e. The van der Waals surface area contributed by atoms with Crippen molar-refractivity contribution in [3.05, 3.63) is 51.8 Å². The van der Waals surface area contributed by atoms with Crippen LogP contribution in [0.15, 0.2) is 24.3 Å². The molecule has 0 spiro atoms. The molecular weight excluding hydrogens is 360 g/mol. The number of aromatic nitrogens is 2. The molecule has 1 atom stereocenters. The Bertz CT molecular complexity index is 824. The van der Waals surface area contributed by atoms with E-state index in [0.29, 0.717) is 12.0 Å². The van der Waals surface area contributed by atoms with Gasteiger partial charge in [-0.15, -0.1) is 0 Å². The molecule has 1 aromatic heterocycles. The van der Waals surface area contributed by atoms with Crippen molar-refractivity contribution >= 4 is 17.6 Å². The second-order valence-electron chi connectivity index (χ2n) is 8.03. The zero-order valence-electron chi connectivity index (χ0n) is 15.7. The van der Waals surface area contributed by atoms with Crippen LogP contribution in [0.3, 0.4) is 0 Å². The molecule has 1 fully saturated rings. The van der Waals surface area contributed by atoms with Gasteiger partial charge in [-0.1, -0.05) is 49.4 Å². The highest BCUT2D eigenvalue weighted by molar-refractivity contribution is 6.30. The van der Waals surface area contributed by atoms with Gasteiger partial charge in [0.25, 0.3) is 0 Å². The normalized spacial score (nSPS) is 20.9. The predicted octanol–water partition coefficient (Wildman–Crippen LogP) is 5.79. The zero-order valence-corrected chi connectivity index (χ0v) is 16.4. The largest absolute Gasteiger partial charge is 0.476 e. The van der Waals surface area contributed by atoms with Gasteiger partial charge in [-0.05, 0) is 56.2 Å². The lowest BCUT2D eigenvalue weighted by Gasteiger charge is -2.27. The Balaban J connectivity index is 1.76. The molecule has 0 amide bonds. The molecule has 0 saturated heterocycles. The molecule has 1 aromatic carbocycles. The van der Waals surface area contributed by atoms with E-state index in [1.807, 2.05) is 18.2 Å². The molecule has 2 aliphatic carbocycles.